The van der Waals surface area contributed by atoms with Gasteiger partial charge in [0, 0.05) is 37.7 Å². The van der Waals surface area contributed by atoms with Gasteiger partial charge >= 0.3 is 6.03 Å². The van der Waals surface area contributed by atoms with Crippen LogP contribution in [-0.4, -0.2) is 35.5 Å². The van der Waals surface area contributed by atoms with Gasteiger partial charge in [-0.1, -0.05) is 6.07 Å². The lowest BCUT2D eigenvalue weighted by Crippen LogP contribution is -2.45. The van der Waals surface area contributed by atoms with Crippen LogP contribution in [0.2, 0.25) is 0 Å². The summed E-state index contributed by atoms with van der Waals surface area (Å²) in [5.74, 6) is -0.259. The summed E-state index contributed by atoms with van der Waals surface area (Å²) in [6.07, 6.45) is 4.29. The second kappa shape index (κ2) is 7.51. The van der Waals surface area contributed by atoms with Crippen molar-refractivity contribution >= 4 is 11.7 Å². The summed E-state index contributed by atoms with van der Waals surface area (Å²) in [4.78, 5) is 18.3. The fraction of sp³-hybridized carbons (Fsp3) is 0.368. The molecule has 0 unspecified atom stereocenters. The maximum Gasteiger partial charge on any atom is 0.317 e. The Labute approximate surface area is 147 Å². The minimum absolute atomic E-state index is 0.115. The quantitative estimate of drug-likeness (QED) is 0.839. The van der Waals surface area contributed by atoms with Gasteiger partial charge < -0.3 is 15.5 Å². The predicted octanol–water partition coefficient (Wildman–Crippen LogP) is 3.27. The number of nitrogens with one attached hydrogen (secondary N) is 2. The smallest absolute Gasteiger partial charge is 0.317 e. The van der Waals surface area contributed by atoms with Crippen molar-refractivity contribution in [1.82, 2.24) is 15.2 Å². The molecule has 1 aromatic heterocycles. The summed E-state index contributed by atoms with van der Waals surface area (Å²) < 4.78 is 13.5. The Kier molecular flexibility index (Phi) is 5.16. The molecule has 132 valence electrons. The van der Waals surface area contributed by atoms with E-state index in [4.69, 9.17) is 0 Å². The highest BCUT2D eigenvalue weighted by atomic mass is 19.1. The minimum atomic E-state index is -0.259. The number of aryl methyl sites for hydroxylation is 1. The third kappa shape index (κ3) is 3.90. The molecular formula is C19H23FN4O. The molecule has 3 rings (SSSR count). The highest BCUT2D eigenvalue weighted by Crippen LogP contribution is 2.29. The normalized spacial score (nSPS) is 16.3. The van der Waals surface area contributed by atoms with Crippen molar-refractivity contribution in [1.29, 1.82) is 0 Å². The maximum atomic E-state index is 13.5. The van der Waals surface area contributed by atoms with Crippen LogP contribution in [-0.2, 0) is 6.42 Å². The topological polar surface area (TPSA) is 57.3 Å². The van der Waals surface area contributed by atoms with Crippen molar-refractivity contribution in [2.45, 2.75) is 26.3 Å². The Morgan fingerprint density at radius 2 is 2.20 bits per heavy atom. The van der Waals surface area contributed by atoms with Crippen LogP contribution < -0.4 is 10.6 Å². The van der Waals surface area contributed by atoms with Gasteiger partial charge in [0.25, 0.3) is 0 Å². The zero-order chi connectivity index (χ0) is 17.8. The number of aromatic nitrogens is 1. The third-order valence-electron chi connectivity index (χ3n) is 4.65. The van der Waals surface area contributed by atoms with Crippen LogP contribution in [0, 0.1) is 12.7 Å². The first-order valence-corrected chi connectivity index (χ1v) is 8.53. The first-order chi connectivity index (χ1) is 12.1. The zero-order valence-corrected chi connectivity index (χ0v) is 14.6. The predicted molar refractivity (Wildman–Crippen MR) is 96.1 cm³/mol. The fourth-order valence-corrected chi connectivity index (χ4v) is 3.20. The Balaban J connectivity index is 1.53. The van der Waals surface area contributed by atoms with Gasteiger partial charge in [-0.3, -0.25) is 4.98 Å². The Morgan fingerprint density at radius 3 is 3.00 bits per heavy atom. The molecule has 0 bridgehead atoms. The van der Waals surface area contributed by atoms with E-state index in [1.54, 1.807) is 17.3 Å². The van der Waals surface area contributed by atoms with E-state index in [1.165, 1.54) is 12.1 Å². The number of halogens is 1. The third-order valence-corrected chi connectivity index (χ3v) is 4.65. The number of pyridine rings is 1. The number of carbonyl (C=O) groups is 1. The van der Waals surface area contributed by atoms with Crippen molar-refractivity contribution in [2.75, 3.05) is 25.0 Å². The minimum Gasteiger partial charge on any atom is -0.383 e. The molecule has 1 atom stereocenters. The van der Waals surface area contributed by atoms with E-state index in [0.717, 1.165) is 28.8 Å². The van der Waals surface area contributed by atoms with Gasteiger partial charge in [0.2, 0.25) is 0 Å². The fourth-order valence-electron chi connectivity index (χ4n) is 3.20. The highest BCUT2D eigenvalue weighted by molar-refractivity contribution is 5.75. The molecule has 5 nitrogen and oxygen atoms in total. The molecule has 1 aromatic carbocycles. The zero-order valence-electron chi connectivity index (χ0n) is 14.6. The van der Waals surface area contributed by atoms with E-state index in [2.05, 4.69) is 15.6 Å². The van der Waals surface area contributed by atoms with Crippen LogP contribution in [0.1, 0.15) is 29.7 Å². The van der Waals surface area contributed by atoms with E-state index < -0.39 is 0 Å². The molecule has 2 N–H and O–H groups in total. The molecule has 2 amide bonds. The van der Waals surface area contributed by atoms with Gasteiger partial charge in [-0.25, -0.2) is 9.18 Å². The van der Waals surface area contributed by atoms with Crippen molar-refractivity contribution in [3.8, 4) is 0 Å². The Hall–Kier alpha value is -2.63. The maximum absolute atomic E-state index is 13.5. The molecule has 0 radical (unpaired) electrons. The van der Waals surface area contributed by atoms with Crippen LogP contribution in [0.3, 0.4) is 0 Å². The largest absolute Gasteiger partial charge is 0.383 e. The lowest BCUT2D eigenvalue weighted by molar-refractivity contribution is 0.175. The highest BCUT2D eigenvalue weighted by Gasteiger charge is 2.27. The molecule has 0 saturated heterocycles. The van der Waals surface area contributed by atoms with Gasteiger partial charge in [0.1, 0.15) is 5.82 Å². The summed E-state index contributed by atoms with van der Waals surface area (Å²) in [5, 5.41) is 6.22. The molecule has 0 fully saturated rings. The number of nitrogens with zero attached hydrogens (tertiary/aromatic N) is 2. The van der Waals surface area contributed by atoms with Crippen LogP contribution in [0.4, 0.5) is 14.9 Å². The first kappa shape index (κ1) is 17.2. The molecule has 2 aromatic rings. The first-order valence-electron chi connectivity index (χ1n) is 8.53. The standard InChI is InChI=1S/C19H23FN4O/c1-13-12-21-7-5-18(13)22-8-9-23-19(25)24-10-6-15-3-4-16(20)11-17(15)14(24)2/h3-5,7,11-12,14H,6,8-10H2,1-2H3,(H,21,22)(H,23,25)/t14-/m1/s1. The molecule has 0 saturated carbocycles. The number of hydrogen-bond acceptors (Lipinski definition) is 3. The number of rotatable bonds is 4. The van der Waals surface area contributed by atoms with E-state index in [9.17, 15) is 9.18 Å². The van der Waals surface area contributed by atoms with Crippen molar-refractivity contribution in [3.63, 3.8) is 0 Å². The molecule has 25 heavy (non-hydrogen) atoms. The summed E-state index contributed by atoms with van der Waals surface area (Å²) in [5.41, 5.74) is 4.09. The molecule has 6 heteroatoms. The number of fused-ring (bicyclic) bond motifs is 1. The van der Waals surface area contributed by atoms with E-state index in [0.29, 0.717) is 19.6 Å². The number of carbonyl (C=O) groups excluding carboxylic acids is 1. The van der Waals surface area contributed by atoms with Gasteiger partial charge in [-0.2, -0.15) is 0 Å². The van der Waals surface area contributed by atoms with Crippen LogP contribution in [0.15, 0.2) is 36.7 Å². The molecular weight excluding hydrogens is 319 g/mol. The Morgan fingerprint density at radius 1 is 1.36 bits per heavy atom. The summed E-state index contributed by atoms with van der Waals surface area (Å²) in [7, 11) is 0. The number of anilines is 1. The lowest BCUT2D eigenvalue weighted by Gasteiger charge is -2.35. The number of hydrogen-bond donors (Lipinski definition) is 2. The SMILES string of the molecule is Cc1cnccc1NCCNC(=O)N1CCc2ccc(F)cc2[C@H]1C. The average Bonchev–Trinajstić information content (AvgIpc) is 2.61. The van der Waals surface area contributed by atoms with Crippen molar-refractivity contribution in [2.24, 2.45) is 0 Å². The molecule has 1 aliphatic rings. The lowest BCUT2D eigenvalue weighted by atomic mass is 9.94. The average molecular weight is 342 g/mol. The molecule has 0 aliphatic carbocycles. The van der Waals surface area contributed by atoms with E-state index in [-0.39, 0.29) is 17.9 Å². The summed E-state index contributed by atoms with van der Waals surface area (Å²) >= 11 is 0. The second-order valence-corrected chi connectivity index (χ2v) is 6.31. The number of amides is 2. The molecule has 1 aliphatic heterocycles. The summed E-state index contributed by atoms with van der Waals surface area (Å²) in [6.45, 7) is 5.71. The van der Waals surface area contributed by atoms with Crippen LogP contribution in [0.5, 0.6) is 0 Å². The summed E-state index contributed by atoms with van der Waals surface area (Å²) in [6, 6.07) is 6.50. The van der Waals surface area contributed by atoms with Gasteiger partial charge in [-0.05, 0) is 55.2 Å². The molecule has 0 spiro atoms. The monoisotopic (exact) mass is 342 g/mol. The van der Waals surface area contributed by atoms with Crippen molar-refractivity contribution < 1.29 is 9.18 Å². The van der Waals surface area contributed by atoms with E-state index >= 15 is 0 Å². The van der Waals surface area contributed by atoms with Crippen molar-refractivity contribution in [3.05, 3.63) is 59.2 Å². The second-order valence-electron chi connectivity index (χ2n) is 6.31. The molecule has 2 heterocycles. The van der Waals surface area contributed by atoms with Crippen LogP contribution >= 0.6 is 0 Å². The Bertz CT molecular complexity index is 765. The van der Waals surface area contributed by atoms with Gasteiger partial charge in [0.15, 0.2) is 0 Å². The van der Waals surface area contributed by atoms with Crippen LogP contribution in [0.25, 0.3) is 0 Å². The number of urea groups is 1. The van der Waals surface area contributed by atoms with Gasteiger partial charge in [-0.15, -0.1) is 0 Å². The van der Waals surface area contributed by atoms with E-state index in [1.807, 2.05) is 26.0 Å². The number of benzene rings is 1. The van der Waals surface area contributed by atoms with Gasteiger partial charge in [0.05, 0.1) is 6.04 Å².